The molecule has 0 heterocycles. The van der Waals surface area contributed by atoms with Gasteiger partial charge in [-0.25, -0.2) is 0 Å². The van der Waals surface area contributed by atoms with Crippen LogP contribution in [-0.4, -0.2) is 11.9 Å². The summed E-state index contributed by atoms with van der Waals surface area (Å²) in [5.74, 6) is -0.0246. The van der Waals surface area contributed by atoms with Gasteiger partial charge in [0.1, 0.15) is 0 Å². The molecule has 2 rings (SSSR count). The molecule has 0 aliphatic heterocycles. The molecule has 3 heteroatoms. The normalized spacial score (nSPS) is 20.5. The van der Waals surface area contributed by atoms with Crippen molar-refractivity contribution >= 4 is 11.6 Å². The van der Waals surface area contributed by atoms with Crippen molar-refractivity contribution in [1.82, 2.24) is 5.32 Å². The lowest BCUT2D eigenvalue weighted by molar-refractivity contribution is 0.0943. The summed E-state index contributed by atoms with van der Waals surface area (Å²) in [6.45, 7) is 10.6. The second kappa shape index (κ2) is 3.74. The Morgan fingerprint density at radius 2 is 1.78 bits per heavy atom. The zero-order valence-electron chi connectivity index (χ0n) is 11.8. The van der Waals surface area contributed by atoms with Gasteiger partial charge in [0.25, 0.3) is 5.91 Å². The van der Waals surface area contributed by atoms with Gasteiger partial charge in [0, 0.05) is 17.3 Å². The van der Waals surface area contributed by atoms with E-state index >= 15 is 0 Å². The minimum atomic E-state index is -0.0246. The van der Waals surface area contributed by atoms with Crippen molar-refractivity contribution in [2.45, 2.75) is 40.7 Å². The number of hydrogen-bond acceptors (Lipinski definition) is 2. The number of nitrogen functional groups attached to an aromatic ring is 1. The van der Waals surface area contributed by atoms with Crippen molar-refractivity contribution in [3.05, 3.63) is 29.3 Å². The van der Waals surface area contributed by atoms with E-state index < -0.39 is 0 Å². The summed E-state index contributed by atoms with van der Waals surface area (Å²) in [5.41, 5.74) is 8.32. The Hall–Kier alpha value is -1.51. The summed E-state index contributed by atoms with van der Waals surface area (Å²) in [6, 6.07) is 5.68. The number of nitrogens with two attached hydrogens (primary N) is 1. The number of anilines is 1. The number of carbonyl (C=O) groups is 1. The van der Waals surface area contributed by atoms with E-state index in [0.29, 0.717) is 11.3 Å². The summed E-state index contributed by atoms with van der Waals surface area (Å²) in [5, 5.41) is 3.12. The van der Waals surface area contributed by atoms with E-state index in [0.717, 1.165) is 5.56 Å². The average Bonchev–Trinajstić information content (AvgIpc) is 2.65. The molecule has 0 aromatic heterocycles. The highest BCUT2D eigenvalue weighted by molar-refractivity contribution is 5.97. The van der Waals surface area contributed by atoms with Crippen molar-refractivity contribution in [3.8, 4) is 0 Å². The van der Waals surface area contributed by atoms with Crippen molar-refractivity contribution in [1.29, 1.82) is 0 Å². The Balaban J connectivity index is 2.18. The van der Waals surface area contributed by atoms with E-state index in [1.165, 1.54) is 0 Å². The zero-order chi connectivity index (χ0) is 13.7. The lowest BCUT2D eigenvalue weighted by Crippen LogP contribution is -2.30. The molecule has 98 valence electrons. The quantitative estimate of drug-likeness (QED) is 0.788. The molecule has 1 fully saturated rings. The van der Waals surface area contributed by atoms with Gasteiger partial charge in [0.15, 0.2) is 0 Å². The van der Waals surface area contributed by atoms with Crippen molar-refractivity contribution in [2.24, 2.45) is 10.8 Å². The van der Waals surface area contributed by atoms with Crippen LogP contribution in [0.1, 0.15) is 43.6 Å². The summed E-state index contributed by atoms with van der Waals surface area (Å²) < 4.78 is 0. The molecule has 1 amide bonds. The van der Waals surface area contributed by atoms with Crippen LogP contribution in [0, 0.1) is 17.8 Å². The van der Waals surface area contributed by atoms with Crippen LogP contribution in [-0.2, 0) is 0 Å². The van der Waals surface area contributed by atoms with Gasteiger partial charge >= 0.3 is 0 Å². The topological polar surface area (TPSA) is 55.1 Å². The fourth-order valence-electron chi connectivity index (χ4n) is 2.67. The van der Waals surface area contributed by atoms with Crippen LogP contribution < -0.4 is 11.1 Å². The highest BCUT2D eigenvalue weighted by atomic mass is 16.1. The number of amides is 1. The van der Waals surface area contributed by atoms with E-state index in [1.807, 2.05) is 25.1 Å². The molecule has 0 radical (unpaired) electrons. The predicted molar refractivity (Wildman–Crippen MR) is 74.4 cm³/mol. The van der Waals surface area contributed by atoms with E-state index in [1.54, 1.807) is 0 Å². The Kier molecular flexibility index (Phi) is 2.69. The molecule has 0 spiro atoms. The van der Waals surface area contributed by atoms with Crippen LogP contribution in [0.25, 0.3) is 0 Å². The van der Waals surface area contributed by atoms with Crippen LogP contribution >= 0.6 is 0 Å². The zero-order valence-corrected chi connectivity index (χ0v) is 11.8. The van der Waals surface area contributed by atoms with Crippen LogP contribution in [0.5, 0.6) is 0 Å². The van der Waals surface area contributed by atoms with Gasteiger partial charge in [-0.05, 0) is 35.4 Å². The lowest BCUT2D eigenvalue weighted by Gasteiger charge is -2.10. The fraction of sp³-hybridized carbons (Fsp3) is 0.533. The van der Waals surface area contributed by atoms with Gasteiger partial charge in [0.2, 0.25) is 0 Å². The molecule has 1 aliphatic carbocycles. The molecular weight excluding hydrogens is 224 g/mol. The second-order valence-electron chi connectivity index (χ2n) is 6.37. The highest BCUT2D eigenvalue weighted by Crippen LogP contribution is 2.62. The van der Waals surface area contributed by atoms with E-state index in [4.69, 9.17) is 5.73 Å². The third-order valence-electron chi connectivity index (χ3n) is 4.92. The first-order valence-electron chi connectivity index (χ1n) is 6.35. The fourth-order valence-corrected chi connectivity index (χ4v) is 2.67. The summed E-state index contributed by atoms with van der Waals surface area (Å²) in [7, 11) is 0. The number of nitrogens with one attached hydrogen (secondary N) is 1. The summed E-state index contributed by atoms with van der Waals surface area (Å²) in [4.78, 5) is 12.3. The third-order valence-corrected chi connectivity index (χ3v) is 4.92. The van der Waals surface area contributed by atoms with Gasteiger partial charge in [-0.2, -0.15) is 0 Å². The lowest BCUT2D eigenvalue weighted by atomic mass is 10.0. The second-order valence-corrected chi connectivity index (χ2v) is 6.37. The van der Waals surface area contributed by atoms with E-state index in [-0.39, 0.29) is 22.8 Å². The number of benzene rings is 1. The molecule has 0 unspecified atom stereocenters. The summed E-state index contributed by atoms with van der Waals surface area (Å²) >= 11 is 0. The molecule has 0 saturated heterocycles. The molecule has 0 atom stereocenters. The van der Waals surface area contributed by atoms with Crippen LogP contribution in [0.4, 0.5) is 5.69 Å². The Bertz CT molecular complexity index is 489. The Labute approximate surface area is 109 Å². The first-order valence-corrected chi connectivity index (χ1v) is 6.35. The Morgan fingerprint density at radius 1 is 1.22 bits per heavy atom. The average molecular weight is 246 g/mol. The Morgan fingerprint density at radius 3 is 2.28 bits per heavy atom. The monoisotopic (exact) mass is 246 g/mol. The minimum Gasteiger partial charge on any atom is -0.398 e. The largest absolute Gasteiger partial charge is 0.398 e. The molecule has 1 saturated carbocycles. The molecule has 1 aromatic rings. The van der Waals surface area contributed by atoms with Crippen molar-refractivity contribution in [3.63, 3.8) is 0 Å². The molecule has 1 aliphatic rings. The molecular formula is C15H22N2O. The molecule has 1 aromatic carbocycles. The van der Waals surface area contributed by atoms with Crippen molar-refractivity contribution < 1.29 is 4.79 Å². The molecule has 18 heavy (non-hydrogen) atoms. The maximum atomic E-state index is 12.3. The molecule has 0 bridgehead atoms. The molecule has 3 nitrogen and oxygen atoms in total. The van der Waals surface area contributed by atoms with Gasteiger partial charge in [-0.3, -0.25) is 4.79 Å². The first kappa shape index (κ1) is 12.9. The SMILES string of the molecule is Cc1c(N)cccc1C(=O)NC1C(C)(C)C1(C)C. The van der Waals surface area contributed by atoms with Crippen LogP contribution in [0.2, 0.25) is 0 Å². The highest BCUT2D eigenvalue weighted by Gasteiger charge is 2.65. The third kappa shape index (κ3) is 1.69. The first-order chi connectivity index (χ1) is 8.19. The number of rotatable bonds is 2. The van der Waals surface area contributed by atoms with Gasteiger partial charge in [-0.15, -0.1) is 0 Å². The standard InChI is InChI=1S/C15H22N2O/c1-9-10(7-6-8-11(9)16)12(18)17-13-14(2,3)15(13,4)5/h6-8,13H,16H2,1-5H3,(H,17,18). The van der Waals surface area contributed by atoms with Crippen LogP contribution in [0.3, 0.4) is 0 Å². The maximum Gasteiger partial charge on any atom is 0.251 e. The van der Waals surface area contributed by atoms with E-state index in [9.17, 15) is 4.79 Å². The maximum absolute atomic E-state index is 12.3. The van der Waals surface area contributed by atoms with E-state index in [2.05, 4.69) is 33.0 Å². The van der Waals surface area contributed by atoms with Crippen LogP contribution in [0.15, 0.2) is 18.2 Å². The molecule has 3 N–H and O–H groups in total. The number of hydrogen-bond donors (Lipinski definition) is 2. The van der Waals surface area contributed by atoms with Crippen molar-refractivity contribution in [2.75, 3.05) is 5.73 Å². The van der Waals surface area contributed by atoms with Gasteiger partial charge in [0.05, 0.1) is 0 Å². The number of carbonyl (C=O) groups excluding carboxylic acids is 1. The minimum absolute atomic E-state index is 0.0246. The van der Waals surface area contributed by atoms with Gasteiger partial charge in [-0.1, -0.05) is 33.8 Å². The summed E-state index contributed by atoms with van der Waals surface area (Å²) in [6.07, 6.45) is 0. The predicted octanol–water partition coefficient (Wildman–Crippen LogP) is 2.74. The smallest absolute Gasteiger partial charge is 0.251 e. The van der Waals surface area contributed by atoms with Gasteiger partial charge < -0.3 is 11.1 Å².